The van der Waals surface area contributed by atoms with Crippen LogP contribution in [0, 0.1) is 0 Å². The lowest BCUT2D eigenvalue weighted by molar-refractivity contribution is 0.977. The predicted octanol–water partition coefficient (Wildman–Crippen LogP) is 12.6. The molecule has 0 aromatic heterocycles. The maximum Gasteiger partial charge on any atom is 0.0416 e. The molecule has 0 unspecified atom stereocenters. The number of nitrogens with one attached hydrogen (secondary N) is 1. The van der Waals surface area contributed by atoms with Crippen molar-refractivity contribution in [2.45, 2.75) is 12.8 Å². The molecule has 3 aliphatic rings. The van der Waals surface area contributed by atoms with Crippen molar-refractivity contribution in [3.05, 3.63) is 157 Å². The van der Waals surface area contributed by atoms with E-state index in [9.17, 15) is 0 Å². The predicted molar refractivity (Wildman–Crippen MR) is 200 cm³/mol. The molecule has 9 aromatic carbocycles. The summed E-state index contributed by atoms with van der Waals surface area (Å²) >= 11 is 0. The van der Waals surface area contributed by atoms with E-state index in [1.807, 2.05) is 0 Å². The van der Waals surface area contributed by atoms with Gasteiger partial charge in [-0.15, -0.1) is 0 Å². The van der Waals surface area contributed by atoms with Crippen LogP contribution in [0.2, 0.25) is 0 Å². The minimum atomic E-state index is 1.13. The molecular weight excluding hydrogens is 567 g/mol. The number of anilines is 2. The van der Waals surface area contributed by atoms with Gasteiger partial charge in [0.05, 0.1) is 0 Å². The smallest absolute Gasteiger partial charge is 0.0416 e. The van der Waals surface area contributed by atoms with Crippen LogP contribution in [-0.2, 0) is 12.8 Å². The van der Waals surface area contributed by atoms with E-state index in [0.717, 1.165) is 12.8 Å². The van der Waals surface area contributed by atoms with Crippen LogP contribution in [-0.4, -0.2) is 0 Å². The Morgan fingerprint density at radius 2 is 0.596 bits per heavy atom. The topological polar surface area (TPSA) is 12.0 Å². The summed E-state index contributed by atoms with van der Waals surface area (Å²) in [5.74, 6) is 0. The van der Waals surface area contributed by atoms with Crippen molar-refractivity contribution >= 4 is 54.5 Å². The quantitative estimate of drug-likeness (QED) is 0.136. The van der Waals surface area contributed by atoms with E-state index in [-0.39, 0.29) is 0 Å². The van der Waals surface area contributed by atoms with Gasteiger partial charge in [0.15, 0.2) is 0 Å². The second kappa shape index (κ2) is 9.31. The Kier molecular flexibility index (Phi) is 5.01. The molecule has 1 aliphatic heterocycles. The second-order valence-electron chi connectivity index (χ2n) is 13.2. The molecule has 1 N–H and O–H groups in total. The number of aryl methyl sites for hydroxylation is 2. The lowest BCUT2D eigenvalue weighted by atomic mass is 9.86. The van der Waals surface area contributed by atoms with Gasteiger partial charge in [-0.2, -0.15) is 0 Å². The summed E-state index contributed by atoms with van der Waals surface area (Å²) in [5, 5.41) is 14.7. The Balaban J connectivity index is 0.000000152. The zero-order valence-electron chi connectivity index (χ0n) is 25.8. The van der Waals surface area contributed by atoms with Crippen molar-refractivity contribution in [3.8, 4) is 44.5 Å². The maximum absolute atomic E-state index is 3.50. The number of fused-ring (bicyclic) bond motifs is 10. The van der Waals surface area contributed by atoms with Crippen molar-refractivity contribution in [1.29, 1.82) is 0 Å². The SMILES string of the molecule is c1ccc2c(c1)-c1ccc3c4ccc5c6c(ccc(c7ccc-2c1c37)c64)-c1ccccc1-5.c1ccc2c(c1)CCc1ccccc1N2. The maximum atomic E-state index is 3.50. The van der Waals surface area contributed by atoms with Crippen LogP contribution in [0.3, 0.4) is 0 Å². The molecule has 2 aliphatic carbocycles. The lowest BCUT2D eigenvalue weighted by Crippen LogP contribution is -1.92. The fraction of sp³-hybridized carbons (Fsp3) is 0.0435. The molecule has 1 nitrogen and oxygen atoms in total. The van der Waals surface area contributed by atoms with Gasteiger partial charge in [0.1, 0.15) is 0 Å². The summed E-state index contributed by atoms with van der Waals surface area (Å²) < 4.78 is 0. The van der Waals surface area contributed by atoms with E-state index < -0.39 is 0 Å². The molecule has 0 amide bonds. The van der Waals surface area contributed by atoms with Gasteiger partial charge >= 0.3 is 0 Å². The normalized spacial score (nSPS) is 13.1. The Hall–Kier alpha value is -5.92. The standard InChI is InChI=1S/C32H16.C14H13N/c1-2-6-18-17(5-1)21-9-13-25-27-15-11-23-19-7-3-4-8-20(19)24-12-16-28(32(27)30(23)24)26-14-10-22(18)29(21)31(25)26;1-3-7-13-11(5-1)9-10-12-6-2-4-8-14(12)15-13/h1-16H;1-8,15H,9-10H2. The summed E-state index contributed by atoms with van der Waals surface area (Å²) in [5.41, 5.74) is 16.3. The molecule has 0 atom stereocenters. The number of benzene rings is 9. The minimum absolute atomic E-state index is 1.13. The van der Waals surface area contributed by atoms with Crippen LogP contribution in [0.1, 0.15) is 11.1 Å². The molecule has 47 heavy (non-hydrogen) atoms. The molecule has 0 spiro atoms. The molecule has 0 bridgehead atoms. The second-order valence-corrected chi connectivity index (χ2v) is 13.2. The van der Waals surface area contributed by atoms with E-state index >= 15 is 0 Å². The Morgan fingerprint density at radius 1 is 0.277 bits per heavy atom. The molecule has 1 heteroatoms. The van der Waals surface area contributed by atoms with E-state index in [1.165, 1.54) is 110 Å². The van der Waals surface area contributed by atoms with Crippen LogP contribution in [0.25, 0.3) is 87.6 Å². The minimum Gasteiger partial charge on any atom is -0.355 e. The van der Waals surface area contributed by atoms with Gasteiger partial charge in [-0.3, -0.25) is 0 Å². The van der Waals surface area contributed by atoms with E-state index in [0.29, 0.717) is 0 Å². The molecule has 0 radical (unpaired) electrons. The van der Waals surface area contributed by atoms with Crippen molar-refractivity contribution in [1.82, 2.24) is 0 Å². The van der Waals surface area contributed by atoms with Crippen molar-refractivity contribution in [2.24, 2.45) is 0 Å². The third-order valence-corrected chi connectivity index (χ3v) is 10.9. The van der Waals surface area contributed by atoms with E-state index in [2.05, 4.69) is 151 Å². The van der Waals surface area contributed by atoms with Crippen LogP contribution < -0.4 is 5.32 Å². The number of hydrogen-bond donors (Lipinski definition) is 1. The first-order chi connectivity index (χ1) is 23.3. The highest BCUT2D eigenvalue weighted by Gasteiger charge is 2.27. The first-order valence-corrected chi connectivity index (χ1v) is 16.7. The summed E-state index contributed by atoms with van der Waals surface area (Å²) in [6.07, 6.45) is 2.25. The molecule has 9 aromatic rings. The third kappa shape index (κ3) is 3.38. The van der Waals surface area contributed by atoms with Crippen LogP contribution in [0.4, 0.5) is 11.4 Å². The van der Waals surface area contributed by atoms with Gasteiger partial charge in [0, 0.05) is 11.4 Å². The first kappa shape index (κ1) is 25.3. The molecule has 218 valence electrons. The van der Waals surface area contributed by atoms with Gasteiger partial charge < -0.3 is 5.32 Å². The molecular formula is C46H29N. The molecule has 0 saturated heterocycles. The van der Waals surface area contributed by atoms with E-state index in [4.69, 9.17) is 0 Å². The van der Waals surface area contributed by atoms with Crippen molar-refractivity contribution in [2.75, 3.05) is 5.32 Å². The summed E-state index contributed by atoms with van der Waals surface area (Å²) in [6, 6.07) is 53.6. The Bertz CT molecular complexity index is 2440. The zero-order valence-corrected chi connectivity index (χ0v) is 25.8. The zero-order chi connectivity index (χ0) is 30.6. The van der Waals surface area contributed by atoms with Gasteiger partial charge in [-0.05, 0) is 124 Å². The fourth-order valence-corrected chi connectivity index (χ4v) is 8.83. The molecule has 0 fully saturated rings. The van der Waals surface area contributed by atoms with Crippen LogP contribution in [0.5, 0.6) is 0 Å². The summed E-state index contributed by atoms with van der Waals surface area (Å²) in [4.78, 5) is 0. The fourth-order valence-electron chi connectivity index (χ4n) is 8.83. The van der Waals surface area contributed by atoms with Gasteiger partial charge in [0.2, 0.25) is 0 Å². The number of rotatable bonds is 0. The van der Waals surface area contributed by atoms with Crippen LogP contribution in [0.15, 0.2) is 146 Å². The Morgan fingerprint density at radius 3 is 0.957 bits per heavy atom. The summed E-state index contributed by atoms with van der Waals surface area (Å²) in [7, 11) is 0. The van der Waals surface area contributed by atoms with Gasteiger partial charge in [-0.25, -0.2) is 0 Å². The average Bonchev–Trinajstić information content (AvgIpc) is 3.56. The molecule has 0 saturated carbocycles. The van der Waals surface area contributed by atoms with Crippen molar-refractivity contribution in [3.63, 3.8) is 0 Å². The highest BCUT2D eigenvalue weighted by molar-refractivity contribution is 6.39. The summed E-state index contributed by atoms with van der Waals surface area (Å²) in [6.45, 7) is 0. The van der Waals surface area contributed by atoms with E-state index in [1.54, 1.807) is 0 Å². The lowest BCUT2D eigenvalue weighted by Gasteiger charge is -2.16. The molecule has 12 rings (SSSR count). The highest BCUT2D eigenvalue weighted by Crippen LogP contribution is 2.55. The highest BCUT2D eigenvalue weighted by atomic mass is 14.9. The third-order valence-electron chi connectivity index (χ3n) is 10.9. The Labute approximate surface area is 273 Å². The van der Waals surface area contributed by atoms with Gasteiger partial charge in [0.25, 0.3) is 0 Å². The monoisotopic (exact) mass is 595 g/mol. The average molecular weight is 596 g/mol. The molecule has 1 heterocycles. The van der Waals surface area contributed by atoms with Crippen LogP contribution >= 0.6 is 0 Å². The first-order valence-electron chi connectivity index (χ1n) is 16.7. The van der Waals surface area contributed by atoms with Gasteiger partial charge in [-0.1, -0.05) is 133 Å². The van der Waals surface area contributed by atoms with Crippen molar-refractivity contribution < 1.29 is 0 Å². The largest absolute Gasteiger partial charge is 0.355 e. The number of hydrogen-bond acceptors (Lipinski definition) is 1. The number of para-hydroxylation sites is 2.